The highest BCUT2D eigenvalue weighted by Gasteiger charge is 1.96. The lowest BCUT2D eigenvalue weighted by atomic mass is 10.1. The molecule has 1 unspecified atom stereocenters. The van der Waals surface area contributed by atoms with E-state index < -0.39 is 0 Å². The van der Waals surface area contributed by atoms with Crippen molar-refractivity contribution in [3.63, 3.8) is 0 Å². The van der Waals surface area contributed by atoms with Gasteiger partial charge in [-0.05, 0) is 12.0 Å². The summed E-state index contributed by atoms with van der Waals surface area (Å²) < 4.78 is 0. The molecule has 0 aliphatic carbocycles. The molecule has 0 fully saturated rings. The van der Waals surface area contributed by atoms with Crippen molar-refractivity contribution >= 4 is 6.21 Å². The van der Waals surface area contributed by atoms with Crippen molar-refractivity contribution in [2.24, 2.45) is 10.9 Å². The molecule has 0 bridgehead atoms. The first-order chi connectivity index (χ1) is 5.33. The molecule has 1 heteroatoms. The minimum Gasteiger partial charge on any atom is -0.268 e. The van der Waals surface area contributed by atoms with E-state index in [0.29, 0.717) is 5.92 Å². The highest BCUT2D eigenvalue weighted by molar-refractivity contribution is 5.64. The Bertz CT molecular complexity index is 199. The number of nitrogens with zero attached hydrogens (tertiary/aromatic N) is 1. The zero-order valence-corrected chi connectivity index (χ0v) is 7.25. The summed E-state index contributed by atoms with van der Waals surface area (Å²) in [5.74, 6) is 0.487. The van der Waals surface area contributed by atoms with E-state index in [2.05, 4.69) is 31.0 Å². The topological polar surface area (TPSA) is 12.4 Å². The first-order valence-corrected chi connectivity index (χ1v) is 4.23. The van der Waals surface area contributed by atoms with Crippen LogP contribution in [-0.4, -0.2) is 6.21 Å². The first kappa shape index (κ1) is 8.25. The molecule has 0 aromatic heterocycles. The summed E-state index contributed by atoms with van der Waals surface area (Å²) in [5, 5.41) is 0. The van der Waals surface area contributed by atoms with Gasteiger partial charge in [-0.15, -0.1) is 0 Å². The summed E-state index contributed by atoms with van der Waals surface area (Å²) in [6, 6.07) is 0. The molecular formula is C10H15N. The Balaban J connectivity index is 2.61. The van der Waals surface area contributed by atoms with Gasteiger partial charge in [-0.3, -0.25) is 4.99 Å². The number of hydrogen-bond acceptors (Lipinski definition) is 1. The maximum Gasteiger partial charge on any atom is 0.0296 e. The third-order valence-corrected chi connectivity index (χ3v) is 1.71. The Morgan fingerprint density at radius 2 is 2.36 bits per heavy atom. The molecule has 0 amide bonds. The van der Waals surface area contributed by atoms with Crippen LogP contribution in [0.25, 0.3) is 0 Å². The largest absolute Gasteiger partial charge is 0.268 e. The Labute approximate surface area is 68.5 Å². The summed E-state index contributed by atoms with van der Waals surface area (Å²) in [4.78, 5) is 4.20. The minimum absolute atomic E-state index is 0.487. The van der Waals surface area contributed by atoms with Crippen molar-refractivity contribution < 1.29 is 0 Å². The normalized spacial score (nSPS) is 23.1. The van der Waals surface area contributed by atoms with Gasteiger partial charge >= 0.3 is 0 Å². The van der Waals surface area contributed by atoms with Crippen LogP contribution in [0.3, 0.4) is 0 Å². The zero-order valence-electron chi connectivity index (χ0n) is 7.25. The van der Waals surface area contributed by atoms with E-state index in [1.54, 1.807) is 0 Å². The maximum atomic E-state index is 4.20. The predicted octanol–water partition coefficient (Wildman–Crippen LogP) is 2.95. The van der Waals surface area contributed by atoms with E-state index in [1.165, 1.54) is 12.0 Å². The third kappa shape index (κ3) is 2.71. The molecule has 60 valence electrons. The second kappa shape index (κ2) is 4.12. The average Bonchev–Trinajstić information content (AvgIpc) is 2.17. The quantitative estimate of drug-likeness (QED) is 0.572. The number of aliphatic imine (C=N–C) groups is 1. The second-order valence-corrected chi connectivity index (χ2v) is 2.97. The molecule has 1 rings (SSSR count). The SMILES string of the molecule is CCCC1=CN=CC(C)C=C1. The van der Waals surface area contributed by atoms with E-state index >= 15 is 0 Å². The van der Waals surface area contributed by atoms with Gasteiger partial charge in [0.2, 0.25) is 0 Å². The molecule has 0 aromatic carbocycles. The van der Waals surface area contributed by atoms with E-state index in [1.807, 2.05) is 12.4 Å². The molecule has 0 aromatic rings. The van der Waals surface area contributed by atoms with E-state index in [4.69, 9.17) is 0 Å². The van der Waals surface area contributed by atoms with Gasteiger partial charge in [0.1, 0.15) is 0 Å². The van der Waals surface area contributed by atoms with E-state index in [0.717, 1.165) is 6.42 Å². The molecule has 0 radical (unpaired) electrons. The predicted molar refractivity (Wildman–Crippen MR) is 49.8 cm³/mol. The van der Waals surface area contributed by atoms with Crippen molar-refractivity contribution in [2.45, 2.75) is 26.7 Å². The lowest BCUT2D eigenvalue weighted by molar-refractivity contribution is 0.921. The number of rotatable bonds is 2. The van der Waals surface area contributed by atoms with Crippen LogP contribution in [-0.2, 0) is 0 Å². The summed E-state index contributed by atoms with van der Waals surface area (Å²) in [5.41, 5.74) is 1.34. The number of hydrogen-bond donors (Lipinski definition) is 0. The molecular weight excluding hydrogens is 134 g/mol. The van der Waals surface area contributed by atoms with Crippen LogP contribution in [0.2, 0.25) is 0 Å². The fourth-order valence-electron chi connectivity index (χ4n) is 1.08. The minimum atomic E-state index is 0.487. The molecule has 1 heterocycles. The lowest BCUT2D eigenvalue weighted by Gasteiger charge is -1.94. The Hall–Kier alpha value is -0.850. The van der Waals surface area contributed by atoms with Crippen LogP contribution in [0, 0.1) is 5.92 Å². The molecule has 1 aliphatic rings. The lowest BCUT2D eigenvalue weighted by Crippen LogP contribution is -1.86. The van der Waals surface area contributed by atoms with E-state index in [9.17, 15) is 0 Å². The monoisotopic (exact) mass is 149 g/mol. The maximum absolute atomic E-state index is 4.20. The summed E-state index contributed by atoms with van der Waals surface area (Å²) >= 11 is 0. The van der Waals surface area contributed by atoms with Gasteiger partial charge in [0.15, 0.2) is 0 Å². The zero-order chi connectivity index (χ0) is 8.10. The van der Waals surface area contributed by atoms with Gasteiger partial charge in [0, 0.05) is 18.3 Å². The van der Waals surface area contributed by atoms with Crippen molar-refractivity contribution in [3.05, 3.63) is 23.9 Å². The molecule has 0 saturated heterocycles. The molecule has 1 aliphatic heterocycles. The van der Waals surface area contributed by atoms with Crippen molar-refractivity contribution in [3.8, 4) is 0 Å². The van der Waals surface area contributed by atoms with Gasteiger partial charge < -0.3 is 0 Å². The molecule has 0 N–H and O–H groups in total. The number of allylic oxidation sites excluding steroid dienone is 3. The summed E-state index contributed by atoms with van der Waals surface area (Å²) in [6.45, 7) is 4.33. The van der Waals surface area contributed by atoms with Gasteiger partial charge in [0.25, 0.3) is 0 Å². The van der Waals surface area contributed by atoms with Crippen molar-refractivity contribution in [2.75, 3.05) is 0 Å². The summed E-state index contributed by atoms with van der Waals surface area (Å²) in [7, 11) is 0. The second-order valence-electron chi connectivity index (χ2n) is 2.97. The highest BCUT2D eigenvalue weighted by Crippen LogP contribution is 2.11. The Morgan fingerprint density at radius 3 is 3.09 bits per heavy atom. The summed E-state index contributed by atoms with van der Waals surface area (Å²) in [6.07, 6.45) is 10.6. The Morgan fingerprint density at radius 1 is 1.55 bits per heavy atom. The fourth-order valence-corrected chi connectivity index (χ4v) is 1.08. The smallest absolute Gasteiger partial charge is 0.0296 e. The average molecular weight is 149 g/mol. The van der Waals surface area contributed by atoms with Crippen LogP contribution in [0.15, 0.2) is 28.9 Å². The molecule has 11 heavy (non-hydrogen) atoms. The van der Waals surface area contributed by atoms with Gasteiger partial charge in [0.05, 0.1) is 0 Å². The van der Waals surface area contributed by atoms with Gasteiger partial charge in [-0.25, -0.2) is 0 Å². The molecule has 0 spiro atoms. The molecule has 1 atom stereocenters. The van der Waals surface area contributed by atoms with Gasteiger partial charge in [-0.2, -0.15) is 0 Å². The van der Waals surface area contributed by atoms with Crippen LogP contribution < -0.4 is 0 Å². The Kier molecular flexibility index (Phi) is 3.09. The fraction of sp³-hybridized carbons (Fsp3) is 0.500. The van der Waals surface area contributed by atoms with Gasteiger partial charge in [-0.1, -0.05) is 32.4 Å². The standard InChI is InChI=1S/C10H15N/c1-3-4-10-6-5-9(2)7-11-8-10/h5-9H,3-4H2,1-2H3. The first-order valence-electron chi connectivity index (χ1n) is 4.23. The molecule has 0 saturated carbocycles. The third-order valence-electron chi connectivity index (χ3n) is 1.71. The highest BCUT2D eigenvalue weighted by atomic mass is 14.7. The van der Waals surface area contributed by atoms with Crippen LogP contribution >= 0.6 is 0 Å². The van der Waals surface area contributed by atoms with Crippen LogP contribution in [0.4, 0.5) is 0 Å². The van der Waals surface area contributed by atoms with Crippen LogP contribution in [0.1, 0.15) is 26.7 Å². The van der Waals surface area contributed by atoms with E-state index in [-0.39, 0.29) is 0 Å². The van der Waals surface area contributed by atoms with Crippen LogP contribution in [0.5, 0.6) is 0 Å². The van der Waals surface area contributed by atoms with Crippen molar-refractivity contribution in [1.82, 2.24) is 0 Å². The molecule has 1 nitrogen and oxygen atoms in total. The van der Waals surface area contributed by atoms with Crippen molar-refractivity contribution in [1.29, 1.82) is 0 Å².